The Labute approximate surface area is 127 Å². The highest BCUT2D eigenvalue weighted by molar-refractivity contribution is 5.75. The lowest BCUT2D eigenvalue weighted by Gasteiger charge is -2.18. The molecule has 0 fully saturated rings. The normalized spacial score (nSPS) is 12.5. The van der Waals surface area contributed by atoms with Crippen LogP contribution in [-0.2, 0) is 9.53 Å². The van der Waals surface area contributed by atoms with Crippen LogP contribution in [-0.4, -0.2) is 69.0 Å². The molecule has 124 valence electrons. The lowest BCUT2D eigenvalue weighted by Crippen LogP contribution is -2.42. The lowest BCUT2D eigenvalue weighted by atomic mass is 9.97. The molecule has 0 bridgehead atoms. The first-order chi connectivity index (χ1) is 9.86. The highest BCUT2D eigenvalue weighted by Crippen LogP contribution is 2.10. The van der Waals surface area contributed by atoms with Crippen LogP contribution >= 0.6 is 0 Å². The maximum absolute atomic E-state index is 11.6. The summed E-state index contributed by atoms with van der Waals surface area (Å²) in [5.74, 6) is -1.13. The van der Waals surface area contributed by atoms with Gasteiger partial charge < -0.3 is 25.4 Å². The van der Waals surface area contributed by atoms with Gasteiger partial charge in [-0.3, -0.25) is 4.79 Å². The van der Waals surface area contributed by atoms with Crippen molar-refractivity contribution >= 4 is 12.0 Å². The SMILES string of the molecule is COCCN(C)CCNC(=O)NCC(CC(C)C)C(=O)O. The number of nitrogens with one attached hydrogen (secondary N) is 2. The van der Waals surface area contributed by atoms with Crippen LogP contribution in [0.25, 0.3) is 0 Å². The average Bonchev–Trinajstić information content (AvgIpc) is 2.40. The van der Waals surface area contributed by atoms with E-state index in [4.69, 9.17) is 9.84 Å². The van der Waals surface area contributed by atoms with Crippen LogP contribution in [0, 0.1) is 11.8 Å². The van der Waals surface area contributed by atoms with E-state index in [2.05, 4.69) is 10.6 Å². The fourth-order valence-corrected chi connectivity index (χ4v) is 1.84. The second kappa shape index (κ2) is 11.3. The average molecular weight is 303 g/mol. The van der Waals surface area contributed by atoms with E-state index in [0.717, 1.165) is 6.54 Å². The van der Waals surface area contributed by atoms with Crippen molar-refractivity contribution in [3.05, 3.63) is 0 Å². The summed E-state index contributed by atoms with van der Waals surface area (Å²) < 4.78 is 4.96. The number of hydrogen-bond acceptors (Lipinski definition) is 4. The first-order valence-corrected chi connectivity index (χ1v) is 7.28. The predicted octanol–water partition coefficient (Wildman–Crippen LogP) is 0.611. The van der Waals surface area contributed by atoms with E-state index >= 15 is 0 Å². The summed E-state index contributed by atoms with van der Waals surface area (Å²) in [6.07, 6.45) is 0.551. The Kier molecular flexibility index (Phi) is 10.6. The van der Waals surface area contributed by atoms with Gasteiger partial charge in [-0.1, -0.05) is 13.8 Å². The number of carboxylic acid groups (broad SMARTS) is 1. The van der Waals surface area contributed by atoms with Gasteiger partial charge in [0.05, 0.1) is 12.5 Å². The van der Waals surface area contributed by atoms with E-state index in [0.29, 0.717) is 26.1 Å². The molecule has 0 aliphatic rings. The van der Waals surface area contributed by atoms with E-state index in [-0.39, 0.29) is 18.5 Å². The quantitative estimate of drug-likeness (QED) is 0.520. The highest BCUT2D eigenvalue weighted by Gasteiger charge is 2.19. The van der Waals surface area contributed by atoms with Crippen molar-refractivity contribution in [2.45, 2.75) is 20.3 Å². The van der Waals surface area contributed by atoms with Crippen LogP contribution in [0.3, 0.4) is 0 Å². The summed E-state index contributed by atoms with van der Waals surface area (Å²) in [4.78, 5) is 24.7. The number of methoxy groups -OCH3 is 1. The van der Waals surface area contributed by atoms with Gasteiger partial charge in [0.2, 0.25) is 0 Å². The van der Waals surface area contributed by atoms with Crippen molar-refractivity contribution in [3.8, 4) is 0 Å². The molecule has 0 aromatic rings. The number of aliphatic carboxylic acids is 1. The van der Waals surface area contributed by atoms with Crippen molar-refractivity contribution in [2.75, 3.05) is 46.9 Å². The zero-order valence-electron chi connectivity index (χ0n) is 13.5. The Balaban J connectivity index is 3.85. The Hall–Kier alpha value is -1.34. The molecule has 7 nitrogen and oxygen atoms in total. The number of ether oxygens (including phenoxy) is 1. The summed E-state index contributed by atoms with van der Waals surface area (Å²) in [6.45, 7) is 6.75. The number of nitrogens with zero attached hydrogens (tertiary/aromatic N) is 1. The monoisotopic (exact) mass is 303 g/mol. The van der Waals surface area contributed by atoms with Crippen molar-refractivity contribution in [1.82, 2.24) is 15.5 Å². The van der Waals surface area contributed by atoms with Gasteiger partial charge in [-0.05, 0) is 19.4 Å². The van der Waals surface area contributed by atoms with Crippen molar-refractivity contribution in [2.24, 2.45) is 11.8 Å². The fraction of sp³-hybridized carbons (Fsp3) is 0.857. The van der Waals surface area contributed by atoms with E-state index in [9.17, 15) is 9.59 Å². The van der Waals surface area contributed by atoms with Crippen molar-refractivity contribution < 1.29 is 19.4 Å². The third kappa shape index (κ3) is 11.0. The summed E-state index contributed by atoms with van der Waals surface area (Å²) in [5, 5.41) is 14.4. The number of carbonyl (C=O) groups is 2. The van der Waals surface area contributed by atoms with Crippen LogP contribution in [0.5, 0.6) is 0 Å². The van der Waals surface area contributed by atoms with Crippen molar-refractivity contribution in [1.29, 1.82) is 0 Å². The molecule has 7 heteroatoms. The smallest absolute Gasteiger partial charge is 0.314 e. The van der Waals surface area contributed by atoms with Crippen LogP contribution in [0.15, 0.2) is 0 Å². The largest absolute Gasteiger partial charge is 0.481 e. The van der Waals surface area contributed by atoms with Gasteiger partial charge in [0.25, 0.3) is 0 Å². The minimum absolute atomic E-state index is 0.152. The Morgan fingerprint density at radius 2 is 1.90 bits per heavy atom. The van der Waals surface area contributed by atoms with Gasteiger partial charge in [0, 0.05) is 33.3 Å². The standard InChI is InChI=1S/C14H29N3O4/c1-11(2)9-12(13(18)19)10-16-14(20)15-5-6-17(3)7-8-21-4/h11-12H,5-10H2,1-4H3,(H,18,19)(H2,15,16,20). The zero-order chi connectivity index (χ0) is 16.3. The molecule has 0 radical (unpaired) electrons. The number of rotatable bonds is 11. The molecule has 0 spiro atoms. The maximum atomic E-state index is 11.6. The van der Waals surface area contributed by atoms with Gasteiger partial charge in [-0.25, -0.2) is 4.79 Å². The molecule has 21 heavy (non-hydrogen) atoms. The summed E-state index contributed by atoms with van der Waals surface area (Å²) >= 11 is 0. The minimum atomic E-state index is -0.872. The first kappa shape index (κ1) is 19.7. The molecule has 3 N–H and O–H groups in total. The molecule has 0 heterocycles. The number of hydrogen-bond donors (Lipinski definition) is 3. The number of carboxylic acids is 1. The van der Waals surface area contributed by atoms with Gasteiger partial charge in [0.1, 0.15) is 0 Å². The molecule has 0 saturated heterocycles. The number of carbonyl (C=O) groups excluding carboxylic acids is 1. The number of amides is 2. The van der Waals surface area contributed by atoms with Gasteiger partial charge >= 0.3 is 12.0 Å². The zero-order valence-corrected chi connectivity index (χ0v) is 13.5. The predicted molar refractivity (Wildman–Crippen MR) is 81.4 cm³/mol. The van der Waals surface area contributed by atoms with Crippen molar-refractivity contribution in [3.63, 3.8) is 0 Å². The summed E-state index contributed by atoms with van der Waals surface area (Å²) in [6, 6.07) is -0.329. The molecule has 2 amide bonds. The lowest BCUT2D eigenvalue weighted by molar-refractivity contribution is -0.142. The van der Waals surface area contributed by atoms with Gasteiger partial charge in [-0.2, -0.15) is 0 Å². The molecule has 1 atom stereocenters. The Bertz CT molecular complexity index is 311. The van der Waals surface area contributed by atoms with Gasteiger partial charge in [0.15, 0.2) is 0 Å². The Morgan fingerprint density at radius 3 is 2.43 bits per heavy atom. The highest BCUT2D eigenvalue weighted by atomic mass is 16.5. The molecule has 0 aliphatic heterocycles. The fourth-order valence-electron chi connectivity index (χ4n) is 1.84. The molecular weight excluding hydrogens is 274 g/mol. The van der Waals surface area contributed by atoms with E-state index in [1.54, 1.807) is 7.11 Å². The van der Waals surface area contributed by atoms with Gasteiger partial charge in [-0.15, -0.1) is 0 Å². The number of likely N-dealkylation sites (N-methyl/N-ethyl adjacent to an activating group) is 1. The van der Waals surface area contributed by atoms with Crippen LogP contribution in [0.4, 0.5) is 4.79 Å². The topological polar surface area (TPSA) is 90.9 Å². The van der Waals surface area contributed by atoms with Crippen LogP contribution < -0.4 is 10.6 Å². The van der Waals surface area contributed by atoms with Crippen LogP contribution in [0.1, 0.15) is 20.3 Å². The van der Waals surface area contributed by atoms with E-state index in [1.165, 1.54) is 0 Å². The molecule has 0 aromatic carbocycles. The molecule has 0 aliphatic carbocycles. The van der Waals surface area contributed by atoms with E-state index in [1.807, 2.05) is 25.8 Å². The summed E-state index contributed by atoms with van der Waals surface area (Å²) in [5.41, 5.74) is 0. The second-order valence-electron chi connectivity index (χ2n) is 5.60. The minimum Gasteiger partial charge on any atom is -0.481 e. The third-order valence-electron chi connectivity index (χ3n) is 3.07. The summed E-state index contributed by atoms with van der Waals surface area (Å²) in [7, 11) is 3.59. The molecule has 0 rings (SSSR count). The van der Waals surface area contributed by atoms with E-state index < -0.39 is 11.9 Å². The molecule has 1 unspecified atom stereocenters. The molecular formula is C14H29N3O4. The molecule has 0 saturated carbocycles. The maximum Gasteiger partial charge on any atom is 0.314 e. The second-order valence-corrected chi connectivity index (χ2v) is 5.60. The van der Waals surface area contributed by atoms with Crippen LogP contribution in [0.2, 0.25) is 0 Å². The Morgan fingerprint density at radius 1 is 1.24 bits per heavy atom. The number of urea groups is 1. The first-order valence-electron chi connectivity index (χ1n) is 7.28. The molecule has 0 aromatic heterocycles. The third-order valence-corrected chi connectivity index (χ3v) is 3.07.